The lowest BCUT2D eigenvalue weighted by molar-refractivity contribution is -0.141. The van der Waals surface area contributed by atoms with Crippen LogP contribution in [0.4, 0.5) is 5.69 Å². The number of hydrogen-bond acceptors (Lipinski definition) is 4. The molecular weight excluding hydrogens is 246 g/mol. The standard InChI is InChI=1S/C13H17N3O3/c1-14-12(17)11-7-10(4-5-15-11)16-9-3-2-8(6-9)13(18)19/h4-5,7-9H,2-3,6H2,1H3,(H,14,17)(H,15,16)(H,18,19)/t8-,9+/m1/s1. The number of rotatable bonds is 4. The Bertz CT molecular complexity index is 490. The van der Waals surface area contributed by atoms with Crippen LogP contribution in [0.25, 0.3) is 0 Å². The Hall–Kier alpha value is -2.11. The molecule has 0 saturated heterocycles. The van der Waals surface area contributed by atoms with Crippen LogP contribution in [0.5, 0.6) is 0 Å². The summed E-state index contributed by atoms with van der Waals surface area (Å²) in [6, 6.07) is 3.59. The van der Waals surface area contributed by atoms with Crippen molar-refractivity contribution in [3.8, 4) is 0 Å². The van der Waals surface area contributed by atoms with Gasteiger partial charge in [-0.15, -0.1) is 0 Å². The van der Waals surface area contributed by atoms with Crippen LogP contribution >= 0.6 is 0 Å². The van der Waals surface area contributed by atoms with Crippen molar-refractivity contribution in [2.75, 3.05) is 12.4 Å². The van der Waals surface area contributed by atoms with Crippen molar-refractivity contribution in [2.45, 2.75) is 25.3 Å². The van der Waals surface area contributed by atoms with Crippen LogP contribution in [0, 0.1) is 5.92 Å². The summed E-state index contributed by atoms with van der Waals surface area (Å²) in [4.78, 5) is 26.3. The second kappa shape index (κ2) is 5.69. The van der Waals surface area contributed by atoms with E-state index >= 15 is 0 Å². The molecule has 1 aliphatic carbocycles. The molecule has 0 aromatic carbocycles. The van der Waals surface area contributed by atoms with E-state index < -0.39 is 5.97 Å². The average molecular weight is 263 g/mol. The lowest BCUT2D eigenvalue weighted by Crippen LogP contribution is -2.21. The minimum absolute atomic E-state index is 0.140. The van der Waals surface area contributed by atoms with Gasteiger partial charge >= 0.3 is 5.97 Å². The summed E-state index contributed by atoms with van der Waals surface area (Å²) in [5.41, 5.74) is 1.14. The largest absolute Gasteiger partial charge is 0.481 e. The third-order valence-corrected chi connectivity index (χ3v) is 3.37. The lowest BCUT2D eigenvalue weighted by atomic mass is 10.1. The molecule has 1 fully saturated rings. The van der Waals surface area contributed by atoms with E-state index in [2.05, 4.69) is 15.6 Å². The predicted molar refractivity (Wildman–Crippen MR) is 70.0 cm³/mol. The van der Waals surface area contributed by atoms with E-state index in [1.165, 1.54) is 0 Å². The predicted octanol–water partition coefficient (Wildman–Crippen LogP) is 1.11. The van der Waals surface area contributed by atoms with Crippen molar-refractivity contribution < 1.29 is 14.7 Å². The van der Waals surface area contributed by atoms with Gasteiger partial charge in [0.2, 0.25) is 0 Å². The highest BCUT2D eigenvalue weighted by Crippen LogP contribution is 2.28. The molecule has 19 heavy (non-hydrogen) atoms. The van der Waals surface area contributed by atoms with Crippen LogP contribution in [0.15, 0.2) is 18.3 Å². The molecule has 6 heteroatoms. The molecule has 0 radical (unpaired) electrons. The molecule has 1 aliphatic rings. The number of anilines is 1. The van der Waals surface area contributed by atoms with E-state index in [1.54, 1.807) is 25.4 Å². The molecule has 6 nitrogen and oxygen atoms in total. The minimum atomic E-state index is -0.731. The summed E-state index contributed by atoms with van der Waals surface area (Å²) in [7, 11) is 1.55. The van der Waals surface area contributed by atoms with Crippen molar-refractivity contribution in [1.29, 1.82) is 0 Å². The number of nitrogens with zero attached hydrogens (tertiary/aromatic N) is 1. The topological polar surface area (TPSA) is 91.3 Å². The quantitative estimate of drug-likeness (QED) is 0.756. The van der Waals surface area contributed by atoms with Crippen molar-refractivity contribution >= 4 is 17.6 Å². The first kappa shape index (κ1) is 13.3. The Kier molecular flexibility index (Phi) is 3.99. The highest BCUT2D eigenvalue weighted by molar-refractivity contribution is 5.92. The van der Waals surface area contributed by atoms with Crippen molar-refractivity contribution in [1.82, 2.24) is 10.3 Å². The number of amides is 1. The Balaban J connectivity index is 2.00. The van der Waals surface area contributed by atoms with Crippen LogP contribution in [-0.4, -0.2) is 35.1 Å². The summed E-state index contributed by atoms with van der Waals surface area (Å²) in [6.45, 7) is 0. The van der Waals surface area contributed by atoms with Gasteiger partial charge in [0.05, 0.1) is 5.92 Å². The van der Waals surface area contributed by atoms with E-state index in [1.807, 2.05) is 0 Å². The summed E-state index contributed by atoms with van der Waals surface area (Å²) in [5, 5.41) is 14.7. The zero-order chi connectivity index (χ0) is 13.8. The molecule has 0 bridgehead atoms. The van der Waals surface area contributed by atoms with Crippen LogP contribution < -0.4 is 10.6 Å². The minimum Gasteiger partial charge on any atom is -0.481 e. The fraction of sp³-hybridized carbons (Fsp3) is 0.462. The first-order valence-electron chi connectivity index (χ1n) is 6.27. The molecular formula is C13H17N3O3. The number of aromatic nitrogens is 1. The van der Waals surface area contributed by atoms with Crippen LogP contribution in [0.1, 0.15) is 29.8 Å². The molecule has 0 aliphatic heterocycles. The van der Waals surface area contributed by atoms with Gasteiger partial charge in [0, 0.05) is 25.0 Å². The lowest BCUT2D eigenvalue weighted by Gasteiger charge is -2.14. The van der Waals surface area contributed by atoms with Gasteiger partial charge in [0.1, 0.15) is 5.69 Å². The Morgan fingerprint density at radius 1 is 1.42 bits per heavy atom. The van der Waals surface area contributed by atoms with Crippen LogP contribution in [0.2, 0.25) is 0 Å². The molecule has 1 aromatic rings. The summed E-state index contributed by atoms with van der Waals surface area (Å²) < 4.78 is 0. The number of carbonyl (C=O) groups is 2. The van der Waals surface area contributed by atoms with Gasteiger partial charge in [-0.3, -0.25) is 14.6 Å². The van der Waals surface area contributed by atoms with Gasteiger partial charge in [0.15, 0.2) is 0 Å². The first-order valence-corrected chi connectivity index (χ1v) is 6.27. The number of carbonyl (C=O) groups excluding carboxylic acids is 1. The van der Waals surface area contributed by atoms with Gasteiger partial charge < -0.3 is 15.7 Å². The van der Waals surface area contributed by atoms with Crippen LogP contribution in [-0.2, 0) is 4.79 Å². The van der Waals surface area contributed by atoms with Gasteiger partial charge in [-0.05, 0) is 31.4 Å². The van der Waals surface area contributed by atoms with Gasteiger partial charge in [-0.25, -0.2) is 0 Å². The molecule has 1 amide bonds. The Labute approximate surface area is 111 Å². The Morgan fingerprint density at radius 3 is 2.84 bits per heavy atom. The molecule has 1 saturated carbocycles. The maximum atomic E-state index is 11.5. The third-order valence-electron chi connectivity index (χ3n) is 3.37. The fourth-order valence-electron chi connectivity index (χ4n) is 2.35. The molecule has 0 spiro atoms. The van der Waals surface area contributed by atoms with E-state index in [9.17, 15) is 9.59 Å². The van der Waals surface area contributed by atoms with Gasteiger partial charge in [-0.2, -0.15) is 0 Å². The molecule has 1 heterocycles. The maximum Gasteiger partial charge on any atom is 0.306 e. The van der Waals surface area contributed by atoms with E-state index in [0.717, 1.165) is 12.1 Å². The van der Waals surface area contributed by atoms with Crippen molar-refractivity contribution in [3.63, 3.8) is 0 Å². The van der Waals surface area contributed by atoms with Crippen molar-refractivity contribution in [2.24, 2.45) is 5.92 Å². The van der Waals surface area contributed by atoms with Gasteiger partial charge in [-0.1, -0.05) is 0 Å². The third kappa shape index (κ3) is 3.21. The SMILES string of the molecule is CNC(=O)c1cc(N[C@H]2CC[C@@H](C(=O)O)C2)ccn1. The second-order valence-corrected chi connectivity index (χ2v) is 4.70. The fourth-order valence-corrected chi connectivity index (χ4v) is 2.35. The zero-order valence-electron chi connectivity index (χ0n) is 10.7. The zero-order valence-corrected chi connectivity index (χ0v) is 10.7. The van der Waals surface area contributed by atoms with E-state index in [-0.39, 0.29) is 17.9 Å². The normalized spacial score (nSPS) is 21.9. The average Bonchev–Trinajstić information content (AvgIpc) is 2.87. The number of aliphatic carboxylic acids is 1. The number of nitrogens with one attached hydrogen (secondary N) is 2. The number of pyridine rings is 1. The van der Waals surface area contributed by atoms with Crippen LogP contribution in [0.3, 0.4) is 0 Å². The number of hydrogen-bond donors (Lipinski definition) is 3. The van der Waals surface area contributed by atoms with E-state index in [4.69, 9.17) is 5.11 Å². The Morgan fingerprint density at radius 2 is 2.21 bits per heavy atom. The first-order chi connectivity index (χ1) is 9.10. The molecule has 1 aromatic heterocycles. The maximum absolute atomic E-state index is 11.5. The summed E-state index contributed by atoms with van der Waals surface area (Å²) >= 11 is 0. The molecule has 3 N–H and O–H groups in total. The summed E-state index contributed by atoms with van der Waals surface area (Å²) in [5.74, 6) is -1.23. The monoisotopic (exact) mass is 263 g/mol. The number of carboxylic acid groups (broad SMARTS) is 1. The highest BCUT2D eigenvalue weighted by Gasteiger charge is 2.29. The molecule has 102 valence electrons. The summed E-state index contributed by atoms with van der Waals surface area (Å²) in [6.07, 6.45) is 3.71. The van der Waals surface area contributed by atoms with Gasteiger partial charge in [0.25, 0.3) is 5.91 Å². The van der Waals surface area contributed by atoms with Crippen molar-refractivity contribution in [3.05, 3.63) is 24.0 Å². The highest BCUT2D eigenvalue weighted by atomic mass is 16.4. The molecule has 0 unspecified atom stereocenters. The number of carboxylic acids is 1. The smallest absolute Gasteiger partial charge is 0.306 e. The molecule has 2 atom stereocenters. The van der Waals surface area contributed by atoms with E-state index in [0.29, 0.717) is 18.5 Å². The molecule has 2 rings (SSSR count). The second-order valence-electron chi connectivity index (χ2n) is 4.70.